The Morgan fingerprint density at radius 2 is 1.75 bits per heavy atom. The van der Waals surface area contributed by atoms with Gasteiger partial charge in [0, 0.05) is 6.42 Å². The van der Waals surface area contributed by atoms with Gasteiger partial charge < -0.3 is 4.74 Å². The number of benzene rings is 2. The molecule has 0 bridgehead atoms. The maximum Gasteiger partial charge on any atom is 0.176 e. The highest BCUT2D eigenvalue weighted by atomic mass is 35.5. The summed E-state index contributed by atoms with van der Waals surface area (Å²) in [5.74, 6) is 0.773. The van der Waals surface area contributed by atoms with Crippen molar-refractivity contribution in [2.75, 3.05) is 0 Å². The van der Waals surface area contributed by atoms with E-state index >= 15 is 0 Å². The zero-order valence-electron chi connectivity index (χ0n) is 8.77. The van der Waals surface area contributed by atoms with Crippen molar-refractivity contribution in [1.82, 2.24) is 0 Å². The van der Waals surface area contributed by atoms with Crippen molar-refractivity contribution in [3.05, 3.63) is 66.2 Å². The molecular weight excluding hydrogens is 220 g/mol. The fourth-order valence-electron chi connectivity index (χ4n) is 1.44. The molecule has 0 saturated heterocycles. The molecule has 0 heterocycles. The fourth-order valence-corrected chi connectivity index (χ4v) is 1.72. The van der Waals surface area contributed by atoms with Crippen LogP contribution in [-0.2, 0) is 6.42 Å². The summed E-state index contributed by atoms with van der Waals surface area (Å²) in [5.41, 5.74) is 0.829. The number of hydrogen-bond donors (Lipinski definition) is 0. The van der Waals surface area contributed by atoms with E-state index in [0.29, 0.717) is 6.42 Å². The summed E-state index contributed by atoms with van der Waals surface area (Å²) in [6.07, 6.45) is 0.695. The molecule has 0 amide bonds. The zero-order chi connectivity index (χ0) is 11.2. The highest BCUT2D eigenvalue weighted by Crippen LogP contribution is 2.15. The molecule has 2 aromatic rings. The molecule has 16 heavy (non-hydrogen) atoms. The molecular formula is C14H12ClO. The largest absolute Gasteiger partial charge is 0.474 e. The molecule has 1 radical (unpaired) electrons. The molecule has 81 valence electrons. The van der Waals surface area contributed by atoms with Crippen molar-refractivity contribution >= 4 is 11.6 Å². The van der Waals surface area contributed by atoms with Crippen LogP contribution in [0.3, 0.4) is 0 Å². The number of alkyl halides is 1. The molecule has 0 aromatic heterocycles. The Morgan fingerprint density at radius 3 is 2.44 bits per heavy atom. The van der Waals surface area contributed by atoms with Crippen LogP contribution in [0.2, 0.25) is 0 Å². The molecule has 0 saturated carbocycles. The van der Waals surface area contributed by atoms with Crippen LogP contribution in [0.1, 0.15) is 5.56 Å². The highest BCUT2D eigenvalue weighted by Gasteiger charge is 2.06. The average molecular weight is 232 g/mol. The van der Waals surface area contributed by atoms with Crippen LogP contribution < -0.4 is 4.74 Å². The van der Waals surface area contributed by atoms with E-state index in [2.05, 4.69) is 6.07 Å². The van der Waals surface area contributed by atoms with E-state index in [-0.39, 0.29) is 5.56 Å². The number of halogens is 1. The van der Waals surface area contributed by atoms with Crippen molar-refractivity contribution in [2.45, 2.75) is 12.0 Å². The van der Waals surface area contributed by atoms with Crippen molar-refractivity contribution in [3.63, 3.8) is 0 Å². The first kappa shape index (κ1) is 11.0. The van der Waals surface area contributed by atoms with Crippen LogP contribution in [0.4, 0.5) is 0 Å². The van der Waals surface area contributed by atoms with Gasteiger partial charge in [-0.15, -0.1) is 0 Å². The second-order valence-corrected chi connectivity index (χ2v) is 3.94. The van der Waals surface area contributed by atoms with Gasteiger partial charge in [-0.25, -0.2) is 0 Å². The molecule has 0 fully saturated rings. The maximum atomic E-state index is 6.12. The summed E-state index contributed by atoms with van der Waals surface area (Å²) in [4.78, 5) is 0. The number of rotatable bonds is 4. The van der Waals surface area contributed by atoms with Gasteiger partial charge in [0.1, 0.15) is 5.75 Å². The van der Waals surface area contributed by atoms with Gasteiger partial charge in [-0.05, 0) is 23.8 Å². The Bertz CT molecular complexity index is 372. The summed E-state index contributed by atoms with van der Waals surface area (Å²) in [6, 6.07) is 20.3. The maximum absolute atomic E-state index is 6.12. The van der Waals surface area contributed by atoms with E-state index in [4.69, 9.17) is 16.3 Å². The third-order valence-corrected chi connectivity index (χ3v) is 2.43. The Balaban J connectivity index is 1.92. The minimum atomic E-state index is -0.343. The summed E-state index contributed by atoms with van der Waals surface area (Å²) >= 11 is 6.12. The molecule has 0 aliphatic heterocycles. The molecule has 2 aromatic carbocycles. The lowest BCUT2D eigenvalue weighted by molar-refractivity contribution is 0.282. The standard InChI is InChI=1S/C14H12ClO/c15-14(11-12-7-3-1-4-8-12)16-13-9-5-2-6-10-13/h1,3-10,14H,11H2. The van der Waals surface area contributed by atoms with Gasteiger partial charge in [-0.2, -0.15) is 0 Å². The summed E-state index contributed by atoms with van der Waals surface area (Å²) in [5, 5.41) is 0. The van der Waals surface area contributed by atoms with Gasteiger partial charge in [0.15, 0.2) is 5.56 Å². The second-order valence-electron chi connectivity index (χ2n) is 3.45. The summed E-state index contributed by atoms with van der Waals surface area (Å²) in [6.45, 7) is 0. The fraction of sp³-hybridized carbons (Fsp3) is 0.143. The molecule has 0 aliphatic carbocycles. The molecule has 2 rings (SSSR count). The molecule has 2 heteroatoms. The monoisotopic (exact) mass is 231 g/mol. The van der Waals surface area contributed by atoms with Crippen LogP contribution >= 0.6 is 11.6 Å². The highest BCUT2D eigenvalue weighted by molar-refractivity contribution is 6.20. The van der Waals surface area contributed by atoms with Gasteiger partial charge in [0.2, 0.25) is 0 Å². The quantitative estimate of drug-likeness (QED) is 0.730. The van der Waals surface area contributed by atoms with E-state index in [0.717, 1.165) is 5.75 Å². The smallest absolute Gasteiger partial charge is 0.176 e. The van der Waals surface area contributed by atoms with Crippen LogP contribution in [0.5, 0.6) is 5.75 Å². The van der Waals surface area contributed by atoms with E-state index in [1.807, 2.05) is 54.6 Å². The van der Waals surface area contributed by atoms with E-state index in [9.17, 15) is 0 Å². The lowest BCUT2D eigenvalue weighted by Crippen LogP contribution is -2.11. The molecule has 1 unspecified atom stereocenters. The van der Waals surface area contributed by atoms with E-state index < -0.39 is 0 Å². The predicted molar refractivity (Wildman–Crippen MR) is 65.7 cm³/mol. The van der Waals surface area contributed by atoms with Crippen LogP contribution in [0.25, 0.3) is 0 Å². The van der Waals surface area contributed by atoms with Crippen LogP contribution in [-0.4, -0.2) is 5.56 Å². The number of hydrogen-bond acceptors (Lipinski definition) is 1. The number of ether oxygens (including phenoxy) is 1. The first-order valence-corrected chi connectivity index (χ1v) is 5.59. The molecule has 0 N–H and O–H groups in total. The first-order valence-electron chi connectivity index (χ1n) is 5.15. The first-order chi connectivity index (χ1) is 7.84. The molecule has 1 atom stereocenters. The average Bonchev–Trinajstić information content (AvgIpc) is 2.31. The Kier molecular flexibility index (Phi) is 3.84. The summed E-state index contributed by atoms with van der Waals surface area (Å²) in [7, 11) is 0. The third-order valence-electron chi connectivity index (χ3n) is 2.19. The third kappa shape index (κ3) is 3.28. The minimum Gasteiger partial charge on any atom is -0.474 e. The summed E-state index contributed by atoms with van der Waals surface area (Å²) < 4.78 is 5.56. The topological polar surface area (TPSA) is 9.23 Å². The zero-order valence-corrected chi connectivity index (χ0v) is 9.52. The Labute approximate surface area is 101 Å². The van der Waals surface area contributed by atoms with Gasteiger partial charge in [-0.1, -0.05) is 54.1 Å². The van der Waals surface area contributed by atoms with Gasteiger partial charge in [0.05, 0.1) is 0 Å². The lowest BCUT2D eigenvalue weighted by atomic mass is 10.2. The van der Waals surface area contributed by atoms with E-state index in [1.165, 1.54) is 5.56 Å². The lowest BCUT2D eigenvalue weighted by Gasteiger charge is -2.12. The SMILES string of the molecule is ClC(Cc1ccccc1)Oc1cc[c]cc1. The Hall–Kier alpha value is -1.47. The van der Waals surface area contributed by atoms with Gasteiger partial charge >= 0.3 is 0 Å². The van der Waals surface area contributed by atoms with Crippen LogP contribution in [0, 0.1) is 6.07 Å². The van der Waals surface area contributed by atoms with Crippen molar-refractivity contribution in [2.24, 2.45) is 0 Å². The predicted octanol–water partition coefficient (Wildman–Crippen LogP) is 3.67. The normalized spacial score (nSPS) is 12.1. The second kappa shape index (κ2) is 5.57. The van der Waals surface area contributed by atoms with E-state index in [1.54, 1.807) is 0 Å². The Morgan fingerprint density at radius 1 is 1.06 bits per heavy atom. The van der Waals surface area contributed by atoms with Crippen LogP contribution in [0.15, 0.2) is 54.6 Å². The van der Waals surface area contributed by atoms with Gasteiger partial charge in [0.25, 0.3) is 0 Å². The van der Waals surface area contributed by atoms with Crippen molar-refractivity contribution in [3.8, 4) is 5.75 Å². The van der Waals surface area contributed by atoms with Crippen molar-refractivity contribution < 1.29 is 4.74 Å². The van der Waals surface area contributed by atoms with Crippen molar-refractivity contribution in [1.29, 1.82) is 0 Å². The molecule has 0 spiro atoms. The van der Waals surface area contributed by atoms with Gasteiger partial charge in [-0.3, -0.25) is 0 Å². The minimum absolute atomic E-state index is 0.343. The molecule has 1 nitrogen and oxygen atoms in total. The molecule has 0 aliphatic rings.